The molecule has 0 aromatic carbocycles. The highest BCUT2D eigenvalue weighted by Crippen LogP contribution is 1.93. The van der Waals surface area contributed by atoms with Crippen molar-refractivity contribution in [2.24, 2.45) is 0 Å². The van der Waals surface area contributed by atoms with Crippen LogP contribution in [0.3, 0.4) is 0 Å². The van der Waals surface area contributed by atoms with Crippen molar-refractivity contribution >= 4 is 11.9 Å². The number of ether oxygens (including phenoxy) is 2. The van der Waals surface area contributed by atoms with E-state index in [0.29, 0.717) is 26.3 Å². The average Bonchev–Trinajstić information content (AvgIpc) is 2.16. The van der Waals surface area contributed by atoms with Crippen molar-refractivity contribution in [3.05, 3.63) is 0 Å². The lowest BCUT2D eigenvalue weighted by Gasteiger charge is -2.20. The summed E-state index contributed by atoms with van der Waals surface area (Å²) in [6.07, 6.45) is 1.01. The Morgan fingerprint density at radius 3 is 1.69 bits per heavy atom. The summed E-state index contributed by atoms with van der Waals surface area (Å²) in [4.78, 5) is 23.3. The maximum atomic E-state index is 10.6. The van der Waals surface area contributed by atoms with Crippen LogP contribution in [-0.4, -0.2) is 49.7 Å². The molecule has 0 heterocycles. The largest absolute Gasteiger partial charge is 0.465 e. The summed E-state index contributed by atoms with van der Waals surface area (Å²) in [5, 5.41) is 0. The fourth-order valence-electron chi connectivity index (χ4n) is 1.29. The third kappa shape index (κ3) is 9.45. The fourth-order valence-corrected chi connectivity index (χ4v) is 1.29. The third-order valence-corrected chi connectivity index (χ3v) is 1.97. The van der Waals surface area contributed by atoms with Gasteiger partial charge in [0.2, 0.25) is 0 Å². The zero-order valence-corrected chi connectivity index (χ0v) is 10.3. The molecular weight excluding hydrogens is 210 g/mol. The minimum Gasteiger partial charge on any atom is -0.465 e. The van der Waals surface area contributed by atoms with Gasteiger partial charge in [-0.05, 0) is 13.0 Å². The number of rotatable bonds is 8. The Morgan fingerprint density at radius 1 is 0.938 bits per heavy atom. The summed E-state index contributed by atoms with van der Waals surface area (Å²) in [5.41, 5.74) is 0. The van der Waals surface area contributed by atoms with Gasteiger partial charge in [0.25, 0.3) is 0 Å². The van der Waals surface area contributed by atoms with E-state index >= 15 is 0 Å². The first-order valence-corrected chi connectivity index (χ1v) is 5.55. The molecule has 94 valence electrons. The van der Waals surface area contributed by atoms with Gasteiger partial charge in [-0.25, -0.2) is 0 Å². The van der Waals surface area contributed by atoms with Gasteiger partial charge in [0, 0.05) is 26.9 Å². The maximum Gasteiger partial charge on any atom is 0.302 e. The lowest BCUT2D eigenvalue weighted by molar-refractivity contribution is -0.141. The van der Waals surface area contributed by atoms with Gasteiger partial charge in [-0.2, -0.15) is 0 Å². The molecule has 0 saturated carbocycles. The molecule has 0 aromatic rings. The molecule has 0 aliphatic carbocycles. The highest BCUT2D eigenvalue weighted by atomic mass is 16.5. The zero-order valence-electron chi connectivity index (χ0n) is 10.3. The molecule has 0 N–H and O–H groups in total. The Morgan fingerprint density at radius 2 is 1.38 bits per heavy atom. The molecule has 0 aromatic heterocycles. The Labute approximate surface area is 96.7 Å². The first-order valence-electron chi connectivity index (χ1n) is 5.55. The Bertz CT molecular complexity index is 198. The van der Waals surface area contributed by atoms with Gasteiger partial charge >= 0.3 is 11.9 Å². The summed E-state index contributed by atoms with van der Waals surface area (Å²) in [6.45, 7) is 7.88. The number of esters is 2. The van der Waals surface area contributed by atoms with Crippen molar-refractivity contribution in [1.29, 1.82) is 0 Å². The molecular formula is C11H21NO4. The lowest BCUT2D eigenvalue weighted by atomic mass is 10.4. The molecule has 0 aliphatic rings. The molecule has 0 unspecified atom stereocenters. The molecule has 0 amide bonds. The van der Waals surface area contributed by atoms with Crippen molar-refractivity contribution in [3.63, 3.8) is 0 Å². The van der Waals surface area contributed by atoms with Crippen LogP contribution in [0.25, 0.3) is 0 Å². The van der Waals surface area contributed by atoms with Gasteiger partial charge in [-0.3, -0.25) is 14.5 Å². The number of hydrogen-bond acceptors (Lipinski definition) is 5. The molecule has 0 radical (unpaired) electrons. The minimum absolute atomic E-state index is 0.267. The predicted octanol–water partition coefficient (Wildman–Crippen LogP) is 0.825. The predicted molar refractivity (Wildman–Crippen MR) is 60.0 cm³/mol. The summed E-state index contributed by atoms with van der Waals surface area (Å²) >= 11 is 0. The average molecular weight is 231 g/mol. The fraction of sp³-hybridized carbons (Fsp3) is 0.818. The van der Waals surface area contributed by atoms with Crippen molar-refractivity contribution in [2.75, 3.05) is 32.8 Å². The third-order valence-electron chi connectivity index (χ3n) is 1.97. The molecule has 0 bridgehead atoms. The quantitative estimate of drug-likeness (QED) is 0.579. The van der Waals surface area contributed by atoms with Crippen LogP contribution in [-0.2, 0) is 19.1 Å². The number of nitrogens with zero attached hydrogens (tertiary/aromatic N) is 1. The molecule has 0 fully saturated rings. The summed E-state index contributed by atoms with van der Waals surface area (Å²) in [5.74, 6) is -0.534. The van der Waals surface area contributed by atoms with E-state index in [1.54, 1.807) is 0 Å². The second-order valence-electron chi connectivity index (χ2n) is 3.52. The molecule has 0 rings (SSSR count). The van der Waals surface area contributed by atoms with Gasteiger partial charge in [0.15, 0.2) is 0 Å². The second-order valence-corrected chi connectivity index (χ2v) is 3.52. The van der Waals surface area contributed by atoms with E-state index in [1.807, 2.05) is 0 Å². The minimum atomic E-state index is -0.267. The number of carbonyl (C=O) groups is 2. The second kappa shape index (κ2) is 9.15. The van der Waals surface area contributed by atoms with E-state index in [4.69, 9.17) is 9.47 Å². The van der Waals surface area contributed by atoms with E-state index < -0.39 is 0 Å². The molecule has 5 nitrogen and oxygen atoms in total. The standard InChI is InChI=1S/C11H21NO4/c1-4-5-12(6-8-15-10(2)13)7-9-16-11(3)14/h4-9H2,1-3H3. The highest BCUT2D eigenvalue weighted by molar-refractivity contribution is 5.66. The van der Waals surface area contributed by atoms with Gasteiger partial charge in [-0.15, -0.1) is 0 Å². The number of hydrogen-bond donors (Lipinski definition) is 0. The summed E-state index contributed by atoms with van der Waals surface area (Å²) in [7, 11) is 0. The van der Waals surface area contributed by atoms with Gasteiger partial charge in [0.05, 0.1) is 0 Å². The highest BCUT2D eigenvalue weighted by Gasteiger charge is 2.05. The van der Waals surface area contributed by atoms with Crippen LogP contribution in [0.5, 0.6) is 0 Å². The van der Waals surface area contributed by atoms with E-state index in [0.717, 1.165) is 13.0 Å². The van der Waals surface area contributed by atoms with Crippen molar-refractivity contribution in [3.8, 4) is 0 Å². The van der Waals surface area contributed by atoms with E-state index in [-0.39, 0.29) is 11.9 Å². The van der Waals surface area contributed by atoms with E-state index in [9.17, 15) is 9.59 Å². The van der Waals surface area contributed by atoms with Crippen molar-refractivity contribution in [1.82, 2.24) is 4.90 Å². The Hall–Kier alpha value is -1.10. The molecule has 0 spiro atoms. The van der Waals surface area contributed by atoms with Crippen LogP contribution in [0.2, 0.25) is 0 Å². The van der Waals surface area contributed by atoms with Gasteiger partial charge < -0.3 is 9.47 Å². The van der Waals surface area contributed by atoms with Gasteiger partial charge in [0.1, 0.15) is 13.2 Å². The smallest absolute Gasteiger partial charge is 0.302 e. The first-order chi connectivity index (χ1) is 7.56. The maximum absolute atomic E-state index is 10.6. The van der Waals surface area contributed by atoms with Crippen LogP contribution in [0, 0.1) is 0 Å². The molecule has 0 atom stereocenters. The molecule has 5 heteroatoms. The SMILES string of the molecule is CCCN(CCOC(C)=O)CCOC(C)=O. The van der Waals surface area contributed by atoms with Crippen LogP contribution >= 0.6 is 0 Å². The van der Waals surface area contributed by atoms with Crippen LogP contribution < -0.4 is 0 Å². The first kappa shape index (κ1) is 14.9. The number of carbonyl (C=O) groups excluding carboxylic acids is 2. The van der Waals surface area contributed by atoms with Crippen molar-refractivity contribution < 1.29 is 19.1 Å². The van der Waals surface area contributed by atoms with Crippen LogP contribution in [0.1, 0.15) is 27.2 Å². The van der Waals surface area contributed by atoms with Gasteiger partial charge in [-0.1, -0.05) is 6.92 Å². The van der Waals surface area contributed by atoms with E-state index in [1.165, 1.54) is 13.8 Å². The molecule has 16 heavy (non-hydrogen) atoms. The monoisotopic (exact) mass is 231 g/mol. The zero-order chi connectivity index (χ0) is 12.4. The Kier molecular flexibility index (Phi) is 8.52. The van der Waals surface area contributed by atoms with Crippen LogP contribution in [0.4, 0.5) is 0 Å². The summed E-state index contributed by atoms with van der Waals surface area (Å²) in [6, 6.07) is 0. The Balaban J connectivity index is 3.69. The topological polar surface area (TPSA) is 55.8 Å². The van der Waals surface area contributed by atoms with Crippen LogP contribution in [0.15, 0.2) is 0 Å². The molecule has 0 aliphatic heterocycles. The summed E-state index contributed by atoms with van der Waals surface area (Å²) < 4.78 is 9.72. The normalized spacial score (nSPS) is 10.2. The molecule has 0 saturated heterocycles. The van der Waals surface area contributed by atoms with E-state index in [2.05, 4.69) is 11.8 Å². The van der Waals surface area contributed by atoms with Crippen molar-refractivity contribution in [2.45, 2.75) is 27.2 Å². The lowest BCUT2D eigenvalue weighted by Crippen LogP contribution is -2.32.